The molecule has 2 nitrogen and oxygen atoms in total. The van der Waals surface area contributed by atoms with Crippen molar-refractivity contribution < 1.29 is 0 Å². The second kappa shape index (κ2) is 8.22. The van der Waals surface area contributed by atoms with Crippen LogP contribution in [-0.2, 0) is 12.8 Å². The monoisotopic (exact) mass is 502 g/mol. The highest BCUT2D eigenvalue weighted by atomic mass is 79.9. The van der Waals surface area contributed by atoms with Crippen LogP contribution < -0.4 is 10.6 Å². The van der Waals surface area contributed by atoms with Gasteiger partial charge in [0, 0.05) is 21.0 Å². The number of rotatable bonds is 0. The molecule has 0 saturated carbocycles. The summed E-state index contributed by atoms with van der Waals surface area (Å²) in [6, 6.07) is 15.0. The van der Waals surface area contributed by atoms with Gasteiger partial charge in [-0.1, -0.05) is 44.0 Å². The van der Waals surface area contributed by atoms with Crippen molar-refractivity contribution in [1.29, 1.82) is 0 Å². The van der Waals surface area contributed by atoms with E-state index >= 15 is 0 Å². The van der Waals surface area contributed by atoms with E-state index in [1.807, 2.05) is 0 Å². The summed E-state index contributed by atoms with van der Waals surface area (Å²) in [4.78, 5) is 0. The second-order valence-electron chi connectivity index (χ2n) is 8.71. The van der Waals surface area contributed by atoms with Crippen LogP contribution in [0.2, 0.25) is 0 Å². The lowest BCUT2D eigenvalue weighted by molar-refractivity contribution is 0.372. The van der Waals surface area contributed by atoms with Crippen molar-refractivity contribution in [1.82, 2.24) is 10.6 Å². The van der Waals surface area contributed by atoms with E-state index in [0.717, 1.165) is 11.8 Å². The molecule has 2 N–H and O–H groups in total. The highest BCUT2D eigenvalue weighted by Gasteiger charge is 2.34. The molecule has 2 saturated heterocycles. The first-order valence-corrected chi connectivity index (χ1v) is 12.3. The molecular formula is C24H28Br2N2. The fraction of sp³-hybridized carbons (Fsp3) is 0.500. The number of hydrogen-bond acceptors (Lipinski definition) is 2. The molecule has 2 fully saturated rings. The van der Waals surface area contributed by atoms with Crippen LogP contribution in [0.4, 0.5) is 0 Å². The van der Waals surface area contributed by atoms with Crippen LogP contribution in [0.25, 0.3) is 0 Å². The Morgan fingerprint density at radius 2 is 1.29 bits per heavy atom. The summed E-state index contributed by atoms with van der Waals surface area (Å²) in [7, 11) is 0. The Kier molecular flexibility index (Phi) is 5.66. The molecule has 2 aliphatic heterocycles. The standard InChI is InChI=1S/2C12H14BrN/c13-9-3-4-10-8(6-9)7-12-11(10)2-1-5-14-12;13-9-4-3-8-6-12-10(11(8)7-9)2-1-5-14-12/h3-4,6,11-12,14H,1-2,5,7H2;3-4,7,10,12,14H,1-2,5-6H2/t11-,12+;10-,12+/m11/s1. The molecule has 0 amide bonds. The van der Waals surface area contributed by atoms with Crippen molar-refractivity contribution in [3.05, 3.63) is 67.6 Å². The Balaban J connectivity index is 0.000000122. The Hall–Kier alpha value is -0.680. The molecule has 2 aromatic rings. The molecule has 6 rings (SSSR count). The summed E-state index contributed by atoms with van der Waals surface area (Å²) in [6.45, 7) is 2.41. The first-order chi connectivity index (χ1) is 13.7. The van der Waals surface area contributed by atoms with Crippen molar-refractivity contribution in [3.63, 3.8) is 0 Å². The van der Waals surface area contributed by atoms with Gasteiger partial charge in [0.05, 0.1) is 0 Å². The SMILES string of the molecule is Brc1ccc2c(c1)C[C@@H]1NCCC[C@H]21.Brc1ccc2c(c1)[C@H]1CCCN[C@H]1C2. The Morgan fingerprint density at radius 1 is 0.679 bits per heavy atom. The Morgan fingerprint density at radius 3 is 2.04 bits per heavy atom. The third-order valence-electron chi connectivity index (χ3n) is 7.06. The normalized spacial score (nSPS) is 29.8. The maximum atomic E-state index is 3.63. The maximum absolute atomic E-state index is 3.63. The smallest absolute Gasteiger partial charge is 0.0178 e. The summed E-state index contributed by atoms with van der Waals surface area (Å²) in [5.74, 6) is 1.56. The number of benzene rings is 2. The Labute approximate surface area is 185 Å². The van der Waals surface area contributed by atoms with Crippen LogP contribution >= 0.6 is 31.9 Å². The van der Waals surface area contributed by atoms with Crippen molar-refractivity contribution in [3.8, 4) is 0 Å². The molecule has 0 spiro atoms. The van der Waals surface area contributed by atoms with Crippen molar-refractivity contribution in [2.45, 2.75) is 62.4 Å². The minimum absolute atomic E-state index is 0.716. The molecule has 2 aromatic carbocycles. The molecule has 4 aliphatic rings. The minimum Gasteiger partial charge on any atom is -0.313 e. The number of piperidine rings is 2. The number of nitrogens with one attached hydrogen (secondary N) is 2. The number of hydrogen-bond donors (Lipinski definition) is 2. The molecule has 0 bridgehead atoms. The third kappa shape index (κ3) is 3.74. The van der Waals surface area contributed by atoms with Gasteiger partial charge < -0.3 is 10.6 Å². The fourth-order valence-electron chi connectivity index (χ4n) is 5.76. The zero-order valence-electron chi connectivity index (χ0n) is 16.2. The van der Waals surface area contributed by atoms with E-state index in [9.17, 15) is 0 Å². The third-order valence-corrected chi connectivity index (χ3v) is 8.05. The molecule has 0 unspecified atom stereocenters. The van der Waals surface area contributed by atoms with Gasteiger partial charge in [0.25, 0.3) is 0 Å². The Bertz CT molecular complexity index is 864. The summed E-state index contributed by atoms with van der Waals surface area (Å²) < 4.78 is 2.44. The summed E-state index contributed by atoms with van der Waals surface area (Å²) in [5, 5.41) is 7.26. The predicted molar refractivity (Wildman–Crippen MR) is 123 cm³/mol. The van der Waals surface area contributed by atoms with Gasteiger partial charge >= 0.3 is 0 Å². The average Bonchev–Trinajstić information content (AvgIpc) is 3.25. The van der Waals surface area contributed by atoms with E-state index in [0.29, 0.717) is 12.1 Å². The van der Waals surface area contributed by atoms with Crippen LogP contribution in [0.5, 0.6) is 0 Å². The van der Waals surface area contributed by atoms with E-state index in [4.69, 9.17) is 0 Å². The first-order valence-electron chi connectivity index (χ1n) is 10.7. The lowest BCUT2D eigenvalue weighted by atomic mass is 9.90. The quantitative estimate of drug-likeness (QED) is 0.483. The summed E-state index contributed by atoms with van der Waals surface area (Å²) >= 11 is 7.10. The fourth-order valence-corrected chi connectivity index (χ4v) is 6.55. The summed E-state index contributed by atoms with van der Waals surface area (Å²) in [6.07, 6.45) is 7.84. The first kappa shape index (κ1) is 19.3. The average molecular weight is 504 g/mol. The van der Waals surface area contributed by atoms with Gasteiger partial charge in [-0.15, -0.1) is 0 Å². The van der Waals surface area contributed by atoms with Crippen molar-refractivity contribution in [2.24, 2.45) is 0 Å². The van der Waals surface area contributed by atoms with E-state index < -0.39 is 0 Å². The van der Waals surface area contributed by atoms with Crippen LogP contribution in [0.15, 0.2) is 45.3 Å². The number of halogens is 2. The molecule has 4 atom stereocenters. The van der Waals surface area contributed by atoms with E-state index in [2.05, 4.69) is 78.9 Å². The topological polar surface area (TPSA) is 24.1 Å². The number of fused-ring (bicyclic) bond motifs is 6. The highest BCUT2D eigenvalue weighted by Crippen LogP contribution is 2.40. The van der Waals surface area contributed by atoms with E-state index in [1.165, 1.54) is 60.6 Å². The van der Waals surface area contributed by atoms with Crippen molar-refractivity contribution in [2.75, 3.05) is 13.1 Å². The van der Waals surface area contributed by atoms with Gasteiger partial charge in [0.1, 0.15) is 0 Å². The minimum atomic E-state index is 0.716. The lowest BCUT2D eigenvalue weighted by Crippen LogP contribution is -2.37. The molecule has 148 valence electrons. The molecule has 28 heavy (non-hydrogen) atoms. The molecular weight excluding hydrogens is 476 g/mol. The van der Waals surface area contributed by atoms with Crippen LogP contribution in [0.3, 0.4) is 0 Å². The van der Waals surface area contributed by atoms with E-state index in [-0.39, 0.29) is 0 Å². The largest absolute Gasteiger partial charge is 0.313 e. The predicted octanol–water partition coefficient (Wildman–Crippen LogP) is 5.68. The van der Waals surface area contributed by atoms with Gasteiger partial charge in [0.2, 0.25) is 0 Å². The van der Waals surface area contributed by atoms with Crippen LogP contribution in [0.1, 0.15) is 59.8 Å². The molecule has 0 radical (unpaired) electrons. The van der Waals surface area contributed by atoms with E-state index in [1.54, 1.807) is 22.3 Å². The zero-order chi connectivity index (χ0) is 19.1. The second-order valence-corrected chi connectivity index (χ2v) is 10.5. The molecule has 4 heteroatoms. The van der Waals surface area contributed by atoms with Gasteiger partial charge in [-0.05, 0) is 110 Å². The molecule has 0 aromatic heterocycles. The highest BCUT2D eigenvalue weighted by molar-refractivity contribution is 9.10. The lowest BCUT2D eigenvalue weighted by Gasteiger charge is -2.27. The van der Waals surface area contributed by atoms with Gasteiger partial charge in [-0.25, -0.2) is 0 Å². The zero-order valence-corrected chi connectivity index (χ0v) is 19.4. The maximum Gasteiger partial charge on any atom is 0.0178 e. The summed E-state index contributed by atoms with van der Waals surface area (Å²) in [5.41, 5.74) is 6.27. The van der Waals surface area contributed by atoms with Crippen LogP contribution in [0, 0.1) is 0 Å². The van der Waals surface area contributed by atoms with Crippen molar-refractivity contribution >= 4 is 31.9 Å². The molecule has 2 heterocycles. The van der Waals surface area contributed by atoms with Crippen LogP contribution in [-0.4, -0.2) is 25.2 Å². The van der Waals surface area contributed by atoms with Gasteiger partial charge in [0.15, 0.2) is 0 Å². The molecule has 2 aliphatic carbocycles. The van der Waals surface area contributed by atoms with Gasteiger partial charge in [-0.3, -0.25) is 0 Å². The van der Waals surface area contributed by atoms with Gasteiger partial charge in [-0.2, -0.15) is 0 Å².